The first-order valence-corrected chi connectivity index (χ1v) is 7.39. The molecule has 0 saturated carbocycles. The minimum absolute atomic E-state index is 0.366. The SMILES string of the molecule is CCC1COC(C)CN1C(C)CC1COCCN1. The molecule has 4 unspecified atom stereocenters. The lowest BCUT2D eigenvalue weighted by atomic mass is 10.0. The van der Waals surface area contributed by atoms with Gasteiger partial charge in [-0.25, -0.2) is 0 Å². The Bertz CT molecular complexity index is 244. The second-order valence-corrected chi connectivity index (χ2v) is 5.71. The average molecular weight is 256 g/mol. The predicted molar refractivity (Wildman–Crippen MR) is 72.9 cm³/mol. The third kappa shape index (κ3) is 3.67. The van der Waals surface area contributed by atoms with E-state index in [2.05, 4.69) is 31.0 Å². The van der Waals surface area contributed by atoms with Gasteiger partial charge in [-0.15, -0.1) is 0 Å². The Hall–Kier alpha value is -0.160. The van der Waals surface area contributed by atoms with E-state index in [1.165, 1.54) is 12.8 Å². The molecular weight excluding hydrogens is 228 g/mol. The topological polar surface area (TPSA) is 33.7 Å². The van der Waals surface area contributed by atoms with Gasteiger partial charge in [0.25, 0.3) is 0 Å². The minimum Gasteiger partial charge on any atom is -0.379 e. The summed E-state index contributed by atoms with van der Waals surface area (Å²) in [4.78, 5) is 2.63. The van der Waals surface area contributed by atoms with Crippen molar-refractivity contribution < 1.29 is 9.47 Å². The first-order valence-electron chi connectivity index (χ1n) is 7.39. The largest absolute Gasteiger partial charge is 0.379 e. The van der Waals surface area contributed by atoms with Crippen molar-refractivity contribution in [3.8, 4) is 0 Å². The van der Waals surface area contributed by atoms with Crippen LogP contribution in [0.5, 0.6) is 0 Å². The van der Waals surface area contributed by atoms with Crippen molar-refractivity contribution >= 4 is 0 Å². The summed E-state index contributed by atoms with van der Waals surface area (Å²) in [6.07, 6.45) is 2.71. The fourth-order valence-corrected chi connectivity index (χ4v) is 3.08. The van der Waals surface area contributed by atoms with E-state index in [1.807, 2.05) is 0 Å². The van der Waals surface area contributed by atoms with E-state index in [1.54, 1.807) is 0 Å². The van der Waals surface area contributed by atoms with Crippen LogP contribution in [-0.2, 0) is 9.47 Å². The maximum absolute atomic E-state index is 5.77. The number of morpholine rings is 2. The molecule has 4 heteroatoms. The van der Waals surface area contributed by atoms with Crippen molar-refractivity contribution in [1.82, 2.24) is 10.2 Å². The van der Waals surface area contributed by atoms with Gasteiger partial charge < -0.3 is 14.8 Å². The number of nitrogens with one attached hydrogen (secondary N) is 1. The molecule has 0 radical (unpaired) electrons. The smallest absolute Gasteiger partial charge is 0.0674 e. The van der Waals surface area contributed by atoms with E-state index >= 15 is 0 Å². The van der Waals surface area contributed by atoms with Crippen molar-refractivity contribution in [3.05, 3.63) is 0 Å². The van der Waals surface area contributed by atoms with Gasteiger partial charge in [-0.2, -0.15) is 0 Å². The maximum Gasteiger partial charge on any atom is 0.0674 e. The number of hydrogen-bond acceptors (Lipinski definition) is 4. The van der Waals surface area contributed by atoms with Crippen molar-refractivity contribution in [2.24, 2.45) is 0 Å². The number of nitrogens with zero attached hydrogens (tertiary/aromatic N) is 1. The van der Waals surface area contributed by atoms with Gasteiger partial charge in [0.2, 0.25) is 0 Å². The highest BCUT2D eigenvalue weighted by Gasteiger charge is 2.30. The van der Waals surface area contributed by atoms with Crippen molar-refractivity contribution in [2.75, 3.05) is 32.9 Å². The van der Waals surface area contributed by atoms with Crippen LogP contribution in [0.3, 0.4) is 0 Å². The molecule has 2 saturated heterocycles. The zero-order chi connectivity index (χ0) is 13.0. The van der Waals surface area contributed by atoms with Crippen LogP contribution in [0.25, 0.3) is 0 Å². The van der Waals surface area contributed by atoms with E-state index < -0.39 is 0 Å². The predicted octanol–water partition coefficient (Wildman–Crippen LogP) is 1.25. The molecule has 2 aliphatic rings. The highest BCUT2D eigenvalue weighted by atomic mass is 16.5. The van der Waals surface area contributed by atoms with Crippen LogP contribution < -0.4 is 5.32 Å². The highest BCUT2D eigenvalue weighted by Crippen LogP contribution is 2.20. The number of rotatable bonds is 4. The quantitative estimate of drug-likeness (QED) is 0.821. The molecule has 0 bridgehead atoms. The van der Waals surface area contributed by atoms with E-state index in [-0.39, 0.29) is 0 Å². The molecule has 1 N–H and O–H groups in total. The lowest BCUT2D eigenvalue weighted by molar-refractivity contribution is -0.0738. The van der Waals surface area contributed by atoms with Gasteiger partial charge in [0.15, 0.2) is 0 Å². The van der Waals surface area contributed by atoms with E-state index in [4.69, 9.17) is 9.47 Å². The Kier molecular flexibility index (Phi) is 5.42. The normalized spacial score (nSPS) is 36.5. The molecule has 0 aliphatic carbocycles. The highest BCUT2D eigenvalue weighted by molar-refractivity contribution is 4.85. The lowest BCUT2D eigenvalue weighted by Crippen LogP contribution is -2.54. The van der Waals surface area contributed by atoms with E-state index in [0.29, 0.717) is 24.2 Å². The first-order chi connectivity index (χ1) is 8.70. The third-order valence-electron chi connectivity index (χ3n) is 4.17. The van der Waals surface area contributed by atoms with Gasteiger partial charge in [0, 0.05) is 31.2 Å². The summed E-state index contributed by atoms with van der Waals surface area (Å²) in [7, 11) is 0. The zero-order valence-corrected chi connectivity index (χ0v) is 12.0. The van der Waals surface area contributed by atoms with Gasteiger partial charge in [-0.05, 0) is 26.7 Å². The second-order valence-electron chi connectivity index (χ2n) is 5.71. The van der Waals surface area contributed by atoms with E-state index in [0.717, 1.165) is 32.9 Å². The van der Waals surface area contributed by atoms with Crippen LogP contribution in [0.1, 0.15) is 33.6 Å². The van der Waals surface area contributed by atoms with Gasteiger partial charge in [0.1, 0.15) is 0 Å². The lowest BCUT2D eigenvalue weighted by Gasteiger charge is -2.43. The Morgan fingerprint density at radius 2 is 2.22 bits per heavy atom. The monoisotopic (exact) mass is 256 g/mol. The summed E-state index contributed by atoms with van der Waals surface area (Å²) >= 11 is 0. The molecule has 4 nitrogen and oxygen atoms in total. The zero-order valence-electron chi connectivity index (χ0n) is 12.0. The summed E-state index contributed by atoms with van der Waals surface area (Å²) in [6.45, 7) is 11.4. The van der Waals surface area contributed by atoms with Gasteiger partial charge >= 0.3 is 0 Å². The molecule has 18 heavy (non-hydrogen) atoms. The summed E-state index contributed by atoms with van der Waals surface area (Å²) in [6, 6.07) is 1.70. The Labute approximate surface area is 111 Å². The molecule has 2 aliphatic heterocycles. The van der Waals surface area contributed by atoms with Crippen LogP contribution >= 0.6 is 0 Å². The number of ether oxygens (including phenoxy) is 2. The molecule has 2 rings (SSSR count). The summed E-state index contributed by atoms with van der Waals surface area (Å²) in [5.74, 6) is 0. The third-order valence-corrected chi connectivity index (χ3v) is 4.17. The minimum atomic E-state index is 0.366. The summed E-state index contributed by atoms with van der Waals surface area (Å²) < 4.78 is 11.3. The Morgan fingerprint density at radius 1 is 1.39 bits per heavy atom. The molecule has 0 spiro atoms. The number of hydrogen-bond donors (Lipinski definition) is 1. The van der Waals surface area contributed by atoms with Gasteiger partial charge in [-0.3, -0.25) is 4.90 Å². The average Bonchev–Trinajstić information content (AvgIpc) is 2.40. The maximum atomic E-state index is 5.77. The Morgan fingerprint density at radius 3 is 2.89 bits per heavy atom. The van der Waals surface area contributed by atoms with Gasteiger partial charge in [0.05, 0.1) is 25.9 Å². The standard InChI is InChI=1S/C14H28N2O2/c1-4-14-10-18-12(3)8-16(14)11(2)7-13-9-17-6-5-15-13/h11-15H,4-10H2,1-3H3. The van der Waals surface area contributed by atoms with Crippen LogP contribution in [0.2, 0.25) is 0 Å². The second kappa shape index (κ2) is 6.85. The van der Waals surface area contributed by atoms with Crippen molar-refractivity contribution in [1.29, 1.82) is 0 Å². The molecule has 106 valence electrons. The molecule has 2 fully saturated rings. The van der Waals surface area contributed by atoms with E-state index in [9.17, 15) is 0 Å². The Balaban J connectivity index is 1.86. The van der Waals surface area contributed by atoms with Gasteiger partial charge in [-0.1, -0.05) is 6.92 Å². The van der Waals surface area contributed by atoms with Crippen molar-refractivity contribution in [3.63, 3.8) is 0 Å². The molecule has 0 aromatic heterocycles. The summed E-state index contributed by atoms with van der Waals surface area (Å²) in [5.41, 5.74) is 0. The fraction of sp³-hybridized carbons (Fsp3) is 1.00. The molecule has 0 amide bonds. The summed E-state index contributed by atoms with van der Waals surface area (Å²) in [5, 5.41) is 3.55. The van der Waals surface area contributed by atoms with Crippen molar-refractivity contribution in [2.45, 2.75) is 57.8 Å². The molecule has 0 aromatic rings. The van der Waals surface area contributed by atoms with Crippen LogP contribution in [0.4, 0.5) is 0 Å². The molecule has 2 heterocycles. The van der Waals surface area contributed by atoms with Crippen LogP contribution in [-0.4, -0.2) is 62.0 Å². The fourth-order valence-electron chi connectivity index (χ4n) is 3.08. The molecule has 4 atom stereocenters. The first kappa shape index (κ1) is 14.3. The van der Waals surface area contributed by atoms with Crippen LogP contribution in [0, 0.1) is 0 Å². The van der Waals surface area contributed by atoms with Crippen LogP contribution in [0.15, 0.2) is 0 Å². The molecule has 0 aromatic carbocycles. The molecular formula is C14H28N2O2.